The Balaban J connectivity index is 3.33. The zero-order valence-corrected chi connectivity index (χ0v) is 9.15. The van der Waals surface area contributed by atoms with Crippen LogP contribution in [0.1, 0.15) is 10.4 Å². The Morgan fingerprint density at radius 2 is 1.75 bits per heavy atom. The summed E-state index contributed by atoms with van der Waals surface area (Å²) in [5, 5.41) is 0. The van der Waals surface area contributed by atoms with Crippen LogP contribution < -0.4 is 11.5 Å². The first-order valence-corrected chi connectivity index (χ1v) is 4.65. The molecule has 0 saturated heterocycles. The summed E-state index contributed by atoms with van der Waals surface area (Å²) in [4.78, 5) is 10.8. The summed E-state index contributed by atoms with van der Waals surface area (Å²) in [5.74, 6) is -0.527. The molecule has 0 atom stereocenters. The number of anilines is 1. The zero-order chi connectivity index (χ0) is 9.30. The maximum atomic E-state index is 10.8. The Labute approximate surface area is 86.4 Å². The number of rotatable bonds is 1. The lowest BCUT2D eigenvalue weighted by Crippen LogP contribution is -2.13. The summed E-state index contributed by atoms with van der Waals surface area (Å²) in [5.41, 5.74) is 11.3. The van der Waals surface area contributed by atoms with Crippen molar-refractivity contribution in [1.29, 1.82) is 0 Å². The largest absolute Gasteiger partial charge is 0.398 e. The fraction of sp³-hybridized carbons (Fsp3) is 0. The van der Waals surface area contributed by atoms with E-state index in [1.165, 1.54) is 0 Å². The van der Waals surface area contributed by atoms with Crippen molar-refractivity contribution in [2.45, 2.75) is 0 Å². The van der Waals surface area contributed by atoms with E-state index in [4.69, 9.17) is 11.5 Å². The standard InChI is InChI=1S/C7H6Br2N2O/c8-4-1-3(7(11)12)6(10)2-5(4)9/h1-2H,10H2,(H2,11,12). The average molecular weight is 294 g/mol. The molecule has 0 bridgehead atoms. The third-order valence-electron chi connectivity index (χ3n) is 1.36. The molecular formula is C7H6Br2N2O. The number of halogens is 2. The number of primary amides is 1. The first kappa shape index (κ1) is 9.54. The molecule has 0 heterocycles. The molecule has 0 aliphatic heterocycles. The molecule has 64 valence electrons. The summed E-state index contributed by atoms with van der Waals surface area (Å²) < 4.78 is 1.55. The lowest BCUT2D eigenvalue weighted by Gasteiger charge is -2.03. The normalized spacial score (nSPS) is 9.83. The van der Waals surface area contributed by atoms with E-state index in [1.807, 2.05) is 0 Å². The minimum Gasteiger partial charge on any atom is -0.398 e. The van der Waals surface area contributed by atoms with Crippen molar-refractivity contribution in [1.82, 2.24) is 0 Å². The van der Waals surface area contributed by atoms with E-state index in [0.717, 1.165) is 8.95 Å². The van der Waals surface area contributed by atoms with Gasteiger partial charge in [0, 0.05) is 14.6 Å². The summed E-state index contributed by atoms with van der Waals surface area (Å²) in [6.45, 7) is 0. The third kappa shape index (κ3) is 1.78. The Bertz CT molecular complexity index is 338. The molecule has 0 saturated carbocycles. The molecule has 0 fully saturated rings. The number of hydrogen-bond acceptors (Lipinski definition) is 2. The van der Waals surface area contributed by atoms with Crippen LogP contribution in [-0.2, 0) is 0 Å². The smallest absolute Gasteiger partial charge is 0.250 e. The van der Waals surface area contributed by atoms with Crippen LogP contribution in [0.4, 0.5) is 5.69 Å². The van der Waals surface area contributed by atoms with Gasteiger partial charge in [-0.15, -0.1) is 0 Å². The van der Waals surface area contributed by atoms with Crippen LogP contribution in [0.15, 0.2) is 21.1 Å². The number of nitrogens with two attached hydrogens (primary N) is 2. The fourth-order valence-electron chi connectivity index (χ4n) is 0.776. The van der Waals surface area contributed by atoms with Gasteiger partial charge in [-0.3, -0.25) is 4.79 Å². The first-order valence-electron chi connectivity index (χ1n) is 3.06. The molecule has 1 amide bonds. The van der Waals surface area contributed by atoms with Crippen molar-refractivity contribution < 1.29 is 4.79 Å². The van der Waals surface area contributed by atoms with Gasteiger partial charge in [0.25, 0.3) is 5.91 Å². The number of nitrogen functional groups attached to an aromatic ring is 1. The van der Waals surface area contributed by atoms with Gasteiger partial charge in [0.1, 0.15) is 0 Å². The molecule has 0 aromatic heterocycles. The molecule has 1 aromatic carbocycles. The van der Waals surface area contributed by atoms with E-state index in [1.54, 1.807) is 12.1 Å². The molecule has 12 heavy (non-hydrogen) atoms. The van der Waals surface area contributed by atoms with Gasteiger partial charge < -0.3 is 11.5 Å². The first-order chi connectivity index (χ1) is 5.52. The quantitative estimate of drug-likeness (QED) is 0.777. The second-order valence-corrected chi connectivity index (χ2v) is 3.93. The topological polar surface area (TPSA) is 69.1 Å². The van der Waals surface area contributed by atoms with Crippen molar-refractivity contribution in [2.24, 2.45) is 5.73 Å². The molecule has 1 rings (SSSR count). The number of benzene rings is 1. The van der Waals surface area contributed by atoms with Gasteiger partial charge in [0.2, 0.25) is 0 Å². The number of carbonyl (C=O) groups excluding carboxylic acids is 1. The Hall–Kier alpha value is -0.550. The number of carbonyl (C=O) groups is 1. The average Bonchev–Trinajstić information content (AvgIpc) is 1.96. The zero-order valence-electron chi connectivity index (χ0n) is 5.97. The van der Waals surface area contributed by atoms with Gasteiger partial charge in [-0.25, -0.2) is 0 Å². The molecule has 0 radical (unpaired) electrons. The van der Waals surface area contributed by atoms with Crippen molar-refractivity contribution in [3.8, 4) is 0 Å². The van der Waals surface area contributed by atoms with Crippen LogP contribution >= 0.6 is 31.9 Å². The molecule has 3 nitrogen and oxygen atoms in total. The molecule has 4 N–H and O–H groups in total. The second-order valence-electron chi connectivity index (χ2n) is 2.22. The molecular weight excluding hydrogens is 288 g/mol. The van der Waals surface area contributed by atoms with Crippen LogP contribution in [-0.4, -0.2) is 5.91 Å². The van der Waals surface area contributed by atoms with Crippen LogP contribution in [0.25, 0.3) is 0 Å². The predicted molar refractivity (Wildman–Crippen MR) is 54.8 cm³/mol. The predicted octanol–water partition coefficient (Wildman–Crippen LogP) is 1.89. The highest BCUT2D eigenvalue weighted by Crippen LogP contribution is 2.27. The fourth-order valence-corrected chi connectivity index (χ4v) is 1.48. The number of hydrogen-bond donors (Lipinski definition) is 2. The van der Waals surface area contributed by atoms with Crippen LogP contribution in [0.2, 0.25) is 0 Å². The van der Waals surface area contributed by atoms with Crippen molar-refractivity contribution in [2.75, 3.05) is 5.73 Å². The minimum atomic E-state index is -0.527. The van der Waals surface area contributed by atoms with E-state index in [0.29, 0.717) is 11.3 Å². The molecule has 0 aliphatic rings. The summed E-state index contributed by atoms with van der Waals surface area (Å²) in [7, 11) is 0. The maximum Gasteiger partial charge on any atom is 0.250 e. The third-order valence-corrected chi connectivity index (χ3v) is 3.20. The van der Waals surface area contributed by atoms with Crippen LogP contribution in [0.3, 0.4) is 0 Å². The van der Waals surface area contributed by atoms with Crippen molar-refractivity contribution >= 4 is 43.5 Å². The van der Waals surface area contributed by atoms with Crippen molar-refractivity contribution in [3.05, 3.63) is 26.6 Å². The Kier molecular flexibility index (Phi) is 2.74. The SMILES string of the molecule is NC(=O)c1cc(Br)c(Br)cc1N. The van der Waals surface area contributed by atoms with E-state index in [-0.39, 0.29) is 0 Å². The Morgan fingerprint density at radius 3 is 2.25 bits per heavy atom. The van der Waals surface area contributed by atoms with Gasteiger partial charge >= 0.3 is 0 Å². The monoisotopic (exact) mass is 292 g/mol. The van der Waals surface area contributed by atoms with E-state index < -0.39 is 5.91 Å². The summed E-state index contributed by atoms with van der Waals surface area (Å²) in [6.07, 6.45) is 0. The van der Waals surface area contributed by atoms with Gasteiger partial charge in [-0.2, -0.15) is 0 Å². The van der Waals surface area contributed by atoms with Gasteiger partial charge in [0.15, 0.2) is 0 Å². The van der Waals surface area contributed by atoms with Gasteiger partial charge in [-0.05, 0) is 44.0 Å². The number of amides is 1. The highest BCUT2D eigenvalue weighted by Gasteiger charge is 2.08. The van der Waals surface area contributed by atoms with E-state index >= 15 is 0 Å². The second kappa shape index (κ2) is 3.45. The maximum absolute atomic E-state index is 10.8. The van der Waals surface area contributed by atoms with Gasteiger partial charge in [-0.1, -0.05) is 0 Å². The molecule has 0 unspecified atom stereocenters. The van der Waals surface area contributed by atoms with Gasteiger partial charge in [0.05, 0.1) is 5.56 Å². The van der Waals surface area contributed by atoms with E-state index in [2.05, 4.69) is 31.9 Å². The molecule has 0 aliphatic carbocycles. The van der Waals surface area contributed by atoms with Crippen LogP contribution in [0.5, 0.6) is 0 Å². The minimum absolute atomic E-state index is 0.324. The summed E-state index contributed by atoms with van der Waals surface area (Å²) in [6, 6.07) is 3.21. The molecule has 5 heteroatoms. The lowest BCUT2D eigenvalue weighted by atomic mass is 10.2. The molecule has 1 aromatic rings. The highest BCUT2D eigenvalue weighted by molar-refractivity contribution is 9.13. The van der Waals surface area contributed by atoms with Crippen LogP contribution in [0, 0.1) is 0 Å². The highest BCUT2D eigenvalue weighted by atomic mass is 79.9. The Morgan fingerprint density at radius 1 is 1.25 bits per heavy atom. The summed E-state index contributed by atoms with van der Waals surface area (Å²) >= 11 is 6.49. The lowest BCUT2D eigenvalue weighted by molar-refractivity contribution is 0.100. The van der Waals surface area contributed by atoms with Crippen molar-refractivity contribution in [3.63, 3.8) is 0 Å². The van der Waals surface area contributed by atoms with E-state index in [9.17, 15) is 4.79 Å². The molecule has 0 spiro atoms.